The van der Waals surface area contributed by atoms with E-state index in [4.69, 9.17) is 0 Å². The molecular weight excluding hydrogens is 328 g/mol. The molecule has 0 bridgehead atoms. The van der Waals surface area contributed by atoms with Gasteiger partial charge in [-0.1, -0.05) is 52.4 Å². The highest BCUT2D eigenvalue weighted by molar-refractivity contribution is 5.80. The van der Waals surface area contributed by atoms with E-state index in [1.807, 2.05) is 0 Å². The fraction of sp³-hybridized carbons (Fsp3) is 0.909. The summed E-state index contributed by atoms with van der Waals surface area (Å²) in [5.41, 5.74) is 0. The standard InChI is InChI=1S/C22H40O4/c1-3-5-7-9-17-11-19(23)15-21(25)13-18(10-8-6-4-2)14-22(26)16-20(24)12-17/h17-19,22-23,26H,3-16H2,1-2H3/t17-,18+,19-,22-/m1/s1. The predicted molar refractivity (Wildman–Crippen MR) is 105 cm³/mol. The molecule has 0 saturated heterocycles. The van der Waals surface area contributed by atoms with Gasteiger partial charge in [-0.15, -0.1) is 0 Å². The largest absolute Gasteiger partial charge is 0.393 e. The SMILES string of the molecule is CCCCC[C@H]1CC(=O)C[C@H](O)C[C@@H](CCCCC)CC(=O)C[C@H](O)C1. The number of carbonyl (C=O) groups is 2. The number of ketones is 2. The fourth-order valence-electron chi connectivity index (χ4n) is 4.24. The van der Waals surface area contributed by atoms with Gasteiger partial charge in [-0.05, 0) is 37.5 Å². The first-order valence-corrected chi connectivity index (χ1v) is 10.8. The number of unbranched alkanes of at least 4 members (excludes halogenated alkanes) is 4. The highest BCUT2D eigenvalue weighted by Crippen LogP contribution is 2.27. The van der Waals surface area contributed by atoms with Crippen LogP contribution < -0.4 is 0 Å². The molecule has 0 aliphatic heterocycles. The molecule has 1 fully saturated rings. The molecule has 0 aromatic rings. The number of Topliss-reactive ketones (excluding diaryl/α,β-unsaturated/α-hetero) is 2. The van der Waals surface area contributed by atoms with Gasteiger partial charge in [0, 0.05) is 25.7 Å². The molecule has 152 valence electrons. The van der Waals surface area contributed by atoms with E-state index in [0.29, 0.717) is 25.7 Å². The van der Waals surface area contributed by atoms with E-state index < -0.39 is 12.2 Å². The van der Waals surface area contributed by atoms with E-state index in [1.165, 1.54) is 0 Å². The Morgan fingerprint density at radius 3 is 1.42 bits per heavy atom. The van der Waals surface area contributed by atoms with Gasteiger partial charge in [-0.3, -0.25) is 9.59 Å². The van der Waals surface area contributed by atoms with Crippen molar-refractivity contribution < 1.29 is 19.8 Å². The smallest absolute Gasteiger partial charge is 0.135 e. The minimum absolute atomic E-state index is 0.102. The van der Waals surface area contributed by atoms with E-state index in [9.17, 15) is 19.8 Å². The third kappa shape index (κ3) is 10.4. The first kappa shape index (κ1) is 23.3. The van der Waals surface area contributed by atoms with Crippen molar-refractivity contribution in [3.63, 3.8) is 0 Å². The molecule has 1 aliphatic carbocycles. The van der Waals surface area contributed by atoms with Crippen molar-refractivity contribution >= 4 is 11.6 Å². The summed E-state index contributed by atoms with van der Waals surface area (Å²) in [6, 6.07) is 0. The molecule has 0 heterocycles. The van der Waals surface area contributed by atoms with Crippen molar-refractivity contribution in [1.29, 1.82) is 0 Å². The highest BCUT2D eigenvalue weighted by atomic mass is 16.3. The van der Waals surface area contributed by atoms with Crippen LogP contribution in [0, 0.1) is 11.8 Å². The molecule has 0 aromatic heterocycles. The molecule has 0 radical (unpaired) electrons. The molecular formula is C22H40O4. The van der Waals surface area contributed by atoms with Crippen LogP contribution in [0.1, 0.15) is 104 Å². The molecule has 4 atom stereocenters. The topological polar surface area (TPSA) is 74.6 Å². The molecule has 0 amide bonds. The quantitative estimate of drug-likeness (QED) is 0.614. The van der Waals surface area contributed by atoms with Crippen molar-refractivity contribution in [1.82, 2.24) is 0 Å². The normalized spacial score (nSPS) is 29.2. The lowest BCUT2D eigenvalue weighted by Gasteiger charge is -2.24. The molecule has 1 saturated carbocycles. The van der Waals surface area contributed by atoms with Gasteiger partial charge < -0.3 is 10.2 Å². The molecule has 1 aliphatic rings. The Morgan fingerprint density at radius 2 is 1.08 bits per heavy atom. The number of aliphatic hydroxyl groups excluding tert-OH is 2. The summed E-state index contributed by atoms with van der Waals surface area (Å²) < 4.78 is 0. The van der Waals surface area contributed by atoms with E-state index in [0.717, 1.165) is 51.4 Å². The van der Waals surface area contributed by atoms with Crippen LogP contribution >= 0.6 is 0 Å². The number of carbonyl (C=O) groups excluding carboxylic acids is 2. The number of hydrogen-bond acceptors (Lipinski definition) is 4. The summed E-state index contributed by atoms with van der Waals surface area (Å²) >= 11 is 0. The first-order chi connectivity index (χ1) is 12.4. The van der Waals surface area contributed by atoms with Gasteiger partial charge in [0.1, 0.15) is 11.6 Å². The maximum Gasteiger partial charge on any atom is 0.135 e. The summed E-state index contributed by atoms with van der Waals surface area (Å²) in [4.78, 5) is 24.8. The predicted octanol–water partition coefficient (Wildman–Crippen LogP) is 4.59. The van der Waals surface area contributed by atoms with Crippen molar-refractivity contribution in [2.24, 2.45) is 11.8 Å². The molecule has 0 aromatic carbocycles. The van der Waals surface area contributed by atoms with Gasteiger partial charge in [-0.25, -0.2) is 0 Å². The van der Waals surface area contributed by atoms with E-state index in [-0.39, 0.29) is 36.2 Å². The van der Waals surface area contributed by atoms with Gasteiger partial charge in [0.15, 0.2) is 0 Å². The van der Waals surface area contributed by atoms with Gasteiger partial charge >= 0.3 is 0 Å². The third-order valence-corrected chi connectivity index (χ3v) is 5.60. The van der Waals surface area contributed by atoms with Crippen molar-refractivity contribution in [3.8, 4) is 0 Å². The maximum absolute atomic E-state index is 12.4. The van der Waals surface area contributed by atoms with E-state index in [2.05, 4.69) is 13.8 Å². The van der Waals surface area contributed by atoms with Gasteiger partial charge in [0.2, 0.25) is 0 Å². The van der Waals surface area contributed by atoms with Gasteiger partial charge in [-0.2, -0.15) is 0 Å². The summed E-state index contributed by atoms with van der Waals surface area (Å²) in [6.07, 6.45) is 9.45. The lowest BCUT2D eigenvalue weighted by atomic mass is 9.83. The Hall–Kier alpha value is -0.740. The minimum atomic E-state index is -0.637. The molecule has 4 nitrogen and oxygen atoms in total. The Bertz CT molecular complexity index is 369. The van der Waals surface area contributed by atoms with Crippen LogP contribution in [0.25, 0.3) is 0 Å². The molecule has 26 heavy (non-hydrogen) atoms. The Morgan fingerprint density at radius 1 is 0.692 bits per heavy atom. The zero-order valence-electron chi connectivity index (χ0n) is 16.9. The first-order valence-electron chi connectivity index (χ1n) is 10.8. The monoisotopic (exact) mass is 368 g/mol. The minimum Gasteiger partial charge on any atom is -0.393 e. The number of rotatable bonds is 8. The van der Waals surface area contributed by atoms with Crippen LogP contribution in [-0.2, 0) is 9.59 Å². The average Bonchev–Trinajstić information content (AvgIpc) is 2.53. The highest BCUT2D eigenvalue weighted by Gasteiger charge is 2.25. The van der Waals surface area contributed by atoms with Gasteiger partial charge in [0.05, 0.1) is 12.2 Å². The molecule has 4 heteroatoms. The molecule has 2 N–H and O–H groups in total. The van der Waals surface area contributed by atoms with Crippen LogP contribution in [0.5, 0.6) is 0 Å². The molecule has 0 unspecified atom stereocenters. The van der Waals surface area contributed by atoms with Crippen molar-refractivity contribution in [3.05, 3.63) is 0 Å². The van der Waals surface area contributed by atoms with Crippen LogP contribution in [-0.4, -0.2) is 34.0 Å². The lowest BCUT2D eigenvalue weighted by Crippen LogP contribution is -2.26. The van der Waals surface area contributed by atoms with Crippen LogP contribution in [0.3, 0.4) is 0 Å². The zero-order chi connectivity index (χ0) is 19.4. The lowest BCUT2D eigenvalue weighted by molar-refractivity contribution is -0.123. The maximum atomic E-state index is 12.4. The van der Waals surface area contributed by atoms with Crippen molar-refractivity contribution in [2.75, 3.05) is 0 Å². The second-order valence-electron chi connectivity index (χ2n) is 8.40. The van der Waals surface area contributed by atoms with E-state index in [1.54, 1.807) is 0 Å². The Kier molecular flexibility index (Phi) is 12.0. The second-order valence-corrected chi connectivity index (χ2v) is 8.40. The average molecular weight is 369 g/mol. The summed E-state index contributed by atoms with van der Waals surface area (Å²) in [7, 11) is 0. The summed E-state index contributed by atoms with van der Waals surface area (Å²) in [6.45, 7) is 4.29. The Balaban J connectivity index is 2.70. The summed E-state index contributed by atoms with van der Waals surface area (Å²) in [5, 5.41) is 20.7. The number of aliphatic hydroxyl groups is 2. The molecule has 0 spiro atoms. The van der Waals surface area contributed by atoms with Crippen LogP contribution in [0.4, 0.5) is 0 Å². The zero-order valence-corrected chi connectivity index (χ0v) is 16.9. The number of hydrogen-bond donors (Lipinski definition) is 2. The Labute approximate surface area is 159 Å². The van der Waals surface area contributed by atoms with Crippen LogP contribution in [0.15, 0.2) is 0 Å². The summed E-state index contributed by atoms with van der Waals surface area (Å²) in [5.74, 6) is 0.462. The van der Waals surface area contributed by atoms with Gasteiger partial charge in [0.25, 0.3) is 0 Å². The fourth-order valence-corrected chi connectivity index (χ4v) is 4.24. The van der Waals surface area contributed by atoms with E-state index >= 15 is 0 Å². The van der Waals surface area contributed by atoms with Crippen molar-refractivity contribution in [2.45, 2.75) is 116 Å². The molecule has 1 rings (SSSR count). The third-order valence-electron chi connectivity index (χ3n) is 5.60. The second kappa shape index (κ2) is 13.4. The van der Waals surface area contributed by atoms with Crippen LogP contribution in [0.2, 0.25) is 0 Å².